The number of aromatic carboxylic acids is 1. The third-order valence-electron chi connectivity index (χ3n) is 3.35. The van der Waals surface area contributed by atoms with Crippen molar-refractivity contribution in [3.63, 3.8) is 0 Å². The molecule has 6 nitrogen and oxygen atoms in total. The number of amides is 1. The number of alkyl carbamates (subject to hydrolysis) is 1. The van der Waals surface area contributed by atoms with Gasteiger partial charge in [-0.1, -0.05) is 0 Å². The Balaban J connectivity index is 2.26. The predicted octanol–water partition coefficient (Wildman–Crippen LogP) is 3.06. The number of hydrogen-bond donors (Lipinski definition) is 2. The topological polar surface area (TPSA) is 88.5 Å². The first-order chi connectivity index (χ1) is 10.2. The van der Waals surface area contributed by atoms with E-state index in [-0.39, 0.29) is 11.5 Å². The molecule has 1 aliphatic rings. The van der Waals surface area contributed by atoms with Crippen LogP contribution in [0.25, 0.3) is 0 Å². The maximum absolute atomic E-state index is 12.0. The highest BCUT2D eigenvalue weighted by atomic mass is 16.6. The number of hydrogen-bond acceptors (Lipinski definition) is 4. The number of carbonyl (C=O) groups is 2. The highest BCUT2D eigenvalue weighted by molar-refractivity contribution is 5.89. The van der Waals surface area contributed by atoms with E-state index in [1.165, 1.54) is 0 Å². The Labute approximate surface area is 129 Å². The number of carboxylic acids is 1. The van der Waals surface area contributed by atoms with Crippen LogP contribution < -0.4 is 5.32 Å². The Morgan fingerprint density at radius 3 is 2.55 bits per heavy atom. The third-order valence-corrected chi connectivity index (χ3v) is 3.35. The molecule has 2 N–H and O–H groups in total. The highest BCUT2D eigenvalue weighted by Crippen LogP contribution is 2.41. The van der Waals surface area contributed by atoms with Gasteiger partial charge in [-0.3, -0.25) is 4.98 Å². The lowest BCUT2D eigenvalue weighted by Gasteiger charge is -2.24. The molecule has 22 heavy (non-hydrogen) atoms. The number of aromatic nitrogens is 1. The molecule has 1 aromatic heterocycles. The van der Waals surface area contributed by atoms with E-state index >= 15 is 0 Å². The fraction of sp³-hybridized carbons (Fsp3) is 0.562. The zero-order chi connectivity index (χ0) is 16.5. The van der Waals surface area contributed by atoms with Gasteiger partial charge in [0.15, 0.2) is 0 Å². The fourth-order valence-corrected chi connectivity index (χ4v) is 2.27. The van der Waals surface area contributed by atoms with Gasteiger partial charge in [0.2, 0.25) is 0 Å². The number of pyridine rings is 1. The van der Waals surface area contributed by atoms with E-state index in [0.717, 1.165) is 18.4 Å². The molecule has 0 aromatic carbocycles. The molecule has 1 aromatic rings. The van der Waals surface area contributed by atoms with Crippen LogP contribution in [0.15, 0.2) is 12.3 Å². The van der Waals surface area contributed by atoms with E-state index in [9.17, 15) is 14.7 Å². The normalized spacial score (nSPS) is 16.0. The minimum absolute atomic E-state index is 0.132. The smallest absolute Gasteiger partial charge is 0.408 e. The molecule has 6 heteroatoms. The SMILES string of the molecule is Cc1cnc(C(NC(=O)OC(C)(C)C)C2CC2)c(C(=O)O)c1. The molecule has 2 rings (SSSR count). The van der Waals surface area contributed by atoms with E-state index in [2.05, 4.69) is 10.3 Å². The molecule has 0 radical (unpaired) electrons. The van der Waals surface area contributed by atoms with E-state index < -0.39 is 23.7 Å². The first-order valence-corrected chi connectivity index (χ1v) is 7.37. The molecule has 1 unspecified atom stereocenters. The van der Waals surface area contributed by atoms with Crippen molar-refractivity contribution < 1.29 is 19.4 Å². The van der Waals surface area contributed by atoms with E-state index in [0.29, 0.717) is 5.69 Å². The van der Waals surface area contributed by atoms with Crippen molar-refractivity contribution in [1.82, 2.24) is 10.3 Å². The number of ether oxygens (including phenoxy) is 1. The summed E-state index contributed by atoms with van der Waals surface area (Å²) in [7, 11) is 0. The second kappa shape index (κ2) is 5.94. The van der Waals surface area contributed by atoms with Crippen molar-refractivity contribution in [2.45, 2.75) is 52.2 Å². The van der Waals surface area contributed by atoms with Gasteiger partial charge >= 0.3 is 12.1 Å². The summed E-state index contributed by atoms with van der Waals surface area (Å²) in [6.07, 6.45) is 2.95. The van der Waals surface area contributed by atoms with Crippen molar-refractivity contribution >= 4 is 12.1 Å². The molecular weight excluding hydrogens is 284 g/mol. The summed E-state index contributed by atoms with van der Waals surface area (Å²) in [6, 6.07) is 1.15. The summed E-state index contributed by atoms with van der Waals surface area (Å²) >= 11 is 0. The van der Waals surface area contributed by atoms with Gasteiger partial charge in [0.25, 0.3) is 0 Å². The average molecular weight is 306 g/mol. The number of aryl methyl sites for hydroxylation is 1. The van der Waals surface area contributed by atoms with Crippen molar-refractivity contribution in [2.24, 2.45) is 5.92 Å². The summed E-state index contributed by atoms with van der Waals surface area (Å²) < 4.78 is 5.27. The lowest BCUT2D eigenvalue weighted by Crippen LogP contribution is -2.36. The quantitative estimate of drug-likeness (QED) is 0.892. The first kappa shape index (κ1) is 16.3. The molecule has 0 spiro atoms. The van der Waals surface area contributed by atoms with Crippen LogP contribution in [0.2, 0.25) is 0 Å². The second-order valence-electron chi connectivity index (χ2n) is 6.71. The maximum atomic E-state index is 12.0. The Bertz CT molecular complexity index is 588. The van der Waals surface area contributed by atoms with Gasteiger partial charge in [0.1, 0.15) is 5.60 Å². The molecule has 1 heterocycles. The van der Waals surface area contributed by atoms with Crippen LogP contribution >= 0.6 is 0 Å². The summed E-state index contributed by atoms with van der Waals surface area (Å²) in [4.78, 5) is 27.7. The van der Waals surface area contributed by atoms with Gasteiger partial charge in [0, 0.05) is 6.20 Å². The molecule has 0 saturated heterocycles. The number of nitrogens with zero attached hydrogens (tertiary/aromatic N) is 1. The van der Waals surface area contributed by atoms with Gasteiger partial charge in [-0.2, -0.15) is 0 Å². The minimum Gasteiger partial charge on any atom is -0.478 e. The van der Waals surface area contributed by atoms with Crippen molar-refractivity contribution in [3.8, 4) is 0 Å². The molecule has 1 amide bonds. The molecule has 0 aliphatic heterocycles. The number of rotatable bonds is 4. The summed E-state index contributed by atoms with van der Waals surface area (Å²) in [5.41, 5.74) is 0.696. The highest BCUT2D eigenvalue weighted by Gasteiger charge is 2.37. The van der Waals surface area contributed by atoms with Crippen LogP contribution in [0, 0.1) is 12.8 Å². The van der Waals surface area contributed by atoms with Gasteiger partial charge in [-0.15, -0.1) is 0 Å². The van der Waals surface area contributed by atoms with Crippen molar-refractivity contribution in [2.75, 3.05) is 0 Å². The van der Waals surface area contributed by atoms with Crippen LogP contribution in [0.3, 0.4) is 0 Å². The lowest BCUT2D eigenvalue weighted by atomic mass is 10.0. The van der Waals surface area contributed by atoms with Crippen molar-refractivity contribution in [3.05, 3.63) is 29.1 Å². The number of nitrogens with one attached hydrogen (secondary N) is 1. The zero-order valence-electron chi connectivity index (χ0n) is 13.3. The molecule has 1 aliphatic carbocycles. The summed E-state index contributed by atoms with van der Waals surface area (Å²) in [5.74, 6) is -0.830. The van der Waals surface area contributed by atoms with E-state index in [1.807, 2.05) is 0 Å². The molecule has 1 fully saturated rings. The molecule has 120 valence electrons. The van der Waals surface area contributed by atoms with Gasteiger partial charge in [0.05, 0.1) is 17.3 Å². The van der Waals surface area contributed by atoms with Crippen LogP contribution in [0.5, 0.6) is 0 Å². The van der Waals surface area contributed by atoms with Crippen LogP contribution in [-0.2, 0) is 4.74 Å². The standard InChI is InChI=1S/C16H22N2O4/c1-9-7-11(14(19)20)13(17-8-9)12(10-5-6-10)18-15(21)22-16(2,3)4/h7-8,10,12H,5-6H2,1-4H3,(H,18,21)(H,19,20). The Kier molecular flexibility index (Phi) is 4.39. The monoisotopic (exact) mass is 306 g/mol. The fourth-order valence-electron chi connectivity index (χ4n) is 2.27. The maximum Gasteiger partial charge on any atom is 0.408 e. The zero-order valence-corrected chi connectivity index (χ0v) is 13.3. The molecule has 1 saturated carbocycles. The van der Waals surface area contributed by atoms with Crippen molar-refractivity contribution in [1.29, 1.82) is 0 Å². The Morgan fingerprint density at radius 2 is 2.05 bits per heavy atom. The molecule has 1 atom stereocenters. The van der Waals surface area contributed by atoms with E-state index in [1.54, 1.807) is 40.0 Å². The second-order valence-corrected chi connectivity index (χ2v) is 6.71. The lowest BCUT2D eigenvalue weighted by molar-refractivity contribution is 0.0492. The Morgan fingerprint density at radius 1 is 1.41 bits per heavy atom. The number of carboxylic acid groups (broad SMARTS) is 1. The predicted molar refractivity (Wildman–Crippen MR) is 80.8 cm³/mol. The molecule has 0 bridgehead atoms. The number of carbonyl (C=O) groups excluding carboxylic acids is 1. The largest absolute Gasteiger partial charge is 0.478 e. The van der Waals surface area contributed by atoms with Gasteiger partial charge in [-0.25, -0.2) is 9.59 Å². The molecular formula is C16H22N2O4. The van der Waals surface area contributed by atoms with Gasteiger partial charge < -0.3 is 15.2 Å². The third kappa shape index (κ3) is 4.19. The summed E-state index contributed by atoms with van der Waals surface area (Å²) in [6.45, 7) is 7.14. The Hall–Kier alpha value is -2.11. The van der Waals surface area contributed by atoms with Crippen LogP contribution in [0.4, 0.5) is 4.79 Å². The first-order valence-electron chi connectivity index (χ1n) is 7.37. The minimum atomic E-state index is -1.04. The summed E-state index contributed by atoms with van der Waals surface area (Å²) in [5, 5.41) is 12.2. The average Bonchev–Trinajstić information content (AvgIpc) is 3.18. The van der Waals surface area contributed by atoms with Crippen LogP contribution in [-0.4, -0.2) is 27.8 Å². The van der Waals surface area contributed by atoms with E-state index in [4.69, 9.17) is 4.74 Å². The van der Waals surface area contributed by atoms with Crippen LogP contribution in [0.1, 0.15) is 61.3 Å². The van der Waals surface area contributed by atoms with Gasteiger partial charge in [-0.05, 0) is 58.1 Å².